The molecular weight excluding hydrogens is 450 g/mol. The van der Waals surface area contributed by atoms with Crippen LogP contribution < -0.4 is 20.1 Å². The van der Waals surface area contributed by atoms with Crippen molar-refractivity contribution in [3.05, 3.63) is 82.2 Å². The highest BCUT2D eigenvalue weighted by atomic mass is 32.1. The van der Waals surface area contributed by atoms with Crippen molar-refractivity contribution in [3.8, 4) is 22.9 Å². The Labute approximate surface area is 200 Å². The summed E-state index contributed by atoms with van der Waals surface area (Å²) in [5.74, 6) is 2.26. The Balaban J connectivity index is 1.55. The predicted octanol–water partition coefficient (Wildman–Crippen LogP) is 4.95. The lowest BCUT2D eigenvalue weighted by molar-refractivity contribution is -0.113. The van der Waals surface area contributed by atoms with Crippen molar-refractivity contribution in [2.45, 2.75) is 13.0 Å². The first-order chi connectivity index (χ1) is 16.6. The van der Waals surface area contributed by atoms with Crippen molar-refractivity contribution in [2.75, 3.05) is 24.9 Å². The molecular formula is C25H23N5O3S. The standard InChI is InChI=1S/C25H23N5O3S/c1-15-21(24(31)27-18-7-4-5-8-19(18)33-3)22(20-9-6-14-34-20)30-25(26-15)28-23(29-30)16-10-12-17(32-2)13-11-16/h4-14,22H,1-3H3,(H,27,31)(H,26,28,29)/t22-/m0/s1. The zero-order valence-electron chi connectivity index (χ0n) is 18.9. The van der Waals surface area contributed by atoms with Gasteiger partial charge in [0.15, 0.2) is 5.82 Å². The number of hydrogen-bond acceptors (Lipinski definition) is 7. The van der Waals surface area contributed by atoms with E-state index in [4.69, 9.17) is 19.6 Å². The summed E-state index contributed by atoms with van der Waals surface area (Å²) in [5, 5.41) is 13.1. The fourth-order valence-electron chi connectivity index (χ4n) is 3.95. The van der Waals surface area contributed by atoms with Gasteiger partial charge >= 0.3 is 0 Å². The number of amides is 1. The van der Waals surface area contributed by atoms with E-state index in [9.17, 15) is 4.79 Å². The number of methoxy groups -OCH3 is 2. The molecule has 0 saturated carbocycles. The second kappa shape index (κ2) is 9.03. The monoisotopic (exact) mass is 473 g/mol. The minimum absolute atomic E-state index is 0.236. The summed E-state index contributed by atoms with van der Waals surface area (Å²) in [7, 11) is 3.21. The lowest BCUT2D eigenvalue weighted by Crippen LogP contribution is -2.31. The molecule has 2 aromatic carbocycles. The Morgan fingerprint density at radius 3 is 2.56 bits per heavy atom. The third-order valence-corrected chi connectivity index (χ3v) is 6.54. The van der Waals surface area contributed by atoms with Crippen LogP contribution in [-0.2, 0) is 4.79 Å². The largest absolute Gasteiger partial charge is 0.497 e. The Bertz CT molecular complexity index is 1360. The smallest absolute Gasteiger partial charge is 0.256 e. The van der Waals surface area contributed by atoms with E-state index < -0.39 is 6.04 Å². The average Bonchev–Trinajstić information content (AvgIpc) is 3.54. The molecule has 1 aliphatic heterocycles. The predicted molar refractivity (Wildman–Crippen MR) is 132 cm³/mol. The maximum atomic E-state index is 13.6. The molecule has 4 aromatic rings. The normalized spacial score (nSPS) is 14.9. The number of thiophene rings is 1. The summed E-state index contributed by atoms with van der Waals surface area (Å²) in [5.41, 5.74) is 2.73. The number of benzene rings is 2. The topological polar surface area (TPSA) is 90.3 Å². The molecule has 5 rings (SSSR count). The van der Waals surface area contributed by atoms with Crippen LogP contribution in [0.1, 0.15) is 17.8 Å². The van der Waals surface area contributed by atoms with Crippen molar-refractivity contribution in [1.29, 1.82) is 0 Å². The minimum Gasteiger partial charge on any atom is -0.497 e. The maximum absolute atomic E-state index is 13.6. The second-order valence-corrected chi connectivity index (χ2v) is 8.65. The molecule has 34 heavy (non-hydrogen) atoms. The Hall–Kier alpha value is -4.11. The highest BCUT2D eigenvalue weighted by molar-refractivity contribution is 7.10. The molecule has 0 bridgehead atoms. The van der Waals surface area contributed by atoms with E-state index in [0.29, 0.717) is 34.5 Å². The number of para-hydroxylation sites is 2. The highest BCUT2D eigenvalue weighted by Crippen LogP contribution is 2.39. The van der Waals surface area contributed by atoms with Crippen molar-refractivity contribution in [3.63, 3.8) is 0 Å². The number of anilines is 2. The fourth-order valence-corrected chi connectivity index (χ4v) is 4.77. The molecule has 1 atom stereocenters. The highest BCUT2D eigenvalue weighted by Gasteiger charge is 2.35. The van der Waals surface area contributed by atoms with E-state index >= 15 is 0 Å². The van der Waals surface area contributed by atoms with Gasteiger partial charge in [-0.25, -0.2) is 4.68 Å². The average molecular weight is 474 g/mol. The molecule has 1 aliphatic rings. The molecule has 2 aromatic heterocycles. The van der Waals surface area contributed by atoms with Crippen LogP contribution in [0.3, 0.4) is 0 Å². The summed E-state index contributed by atoms with van der Waals surface area (Å²) in [6, 6.07) is 18.4. The van der Waals surface area contributed by atoms with Gasteiger partial charge in [-0.1, -0.05) is 18.2 Å². The van der Waals surface area contributed by atoms with Gasteiger partial charge < -0.3 is 20.1 Å². The van der Waals surface area contributed by atoms with Crippen LogP contribution in [0.5, 0.6) is 11.5 Å². The Morgan fingerprint density at radius 1 is 1.06 bits per heavy atom. The van der Waals surface area contributed by atoms with E-state index in [2.05, 4.69) is 10.6 Å². The molecule has 0 unspecified atom stereocenters. The molecule has 172 valence electrons. The lowest BCUT2D eigenvalue weighted by Gasteiger charge is -2.27. The van der Waals surface area contributed by atoms with Gasteiger partial charge in [0.2, 0.25) is 5.95 Å². The van der Waals surface area contributed by atoms with Crippen LogP contribution in [0.15, 0.2) is 77.3 Å². The van der Waals surface area contributed by atoms with Crippen LogP contribution >= 0.6 is 11.3 Å². The number of nitrogens with one attached hydrogen (secondary N) is 2. The molecule has 1 amide bonds. The number of carbonyl (C=O) groups is 1. The van der Waals surface area contributed by atoms with Gasteiger partial charge in [0.1, 0.15) is 17.5 Å². The van der Waals surface area contributed by atoms with E-state index in [1.807, 2.05) is 73.0 Å². The van der Waals surface area contributed by atoms with Gasteiger partial charge in [-0.3, -0.25) is 4.79 Å². The van der Waals surface area contributed by atoms with Gasteiger partial charge in [-0.15, -0.1) is 16.4 Å². The molecule has 2 N–H and O–H groups in total. The summed E-state index contributed by atoms with van der Waals surface area (Å²) in [4.78, 5) is 19.3. The minimum atomic E-state index is -0.426. The second-order valence-electron chi connectivity index (χ2n) is 7.67. The first-order valence-electron chi connectivity index (χ1n) is 10.7. The lowest BCUT2D eigenvalue weighted by atomic mass is 10.0. The van der Waals surface area contributed by atoms with Gasteiger partial charge in [0.25, 0.3) is 5.91 Å². The van der Waals surface area contributed by atoms with Gasteiger partial charge in [0.05, 0.1) is 25.5 Å². The van der Waals surface area contributed by atoms with Crippen LogP contribution in [0, 0.1) is 0 Å². The zero-order valence-corrected chi connectivity index (χ0v) is 19.7. The van der Waals surface area contributed by atoms with Crippen molar-refractivity contribution < 1.29 is 14.3 Å². The van der Waals surface area contributed by atoms with Crippen LogP contribution in [0.25, 0.3) is 11.4 Å². The molecule has 8 nitrogen and oxygen atoms in total. The van der Waals surface area contributed by atoms with Crippen LogP contribution in [-0.4, -0.2) is 34.9 Å². The number of fused-ring (bicyclic) bond motifs is 1. The SMILES string of the molecule is COc1ccc(-c2nc3n(n2)[C@@H](c2cccs2)C(C(=O)Nc2ccccc2OC)=C(C)N3)cc1. The Morgan fingerprint density at radius 2 is 1.85 bits per heavy atom. The molecule has 0 spiro atoms. The van der Waals surface area contributed by atoms with Crippen molar-refractivity contribution in [2.24, 2.45) is 0 Å². The zero-order chi connectivity index (χ0) is 23.7. The van der Waals surface area contributed by atoms with Crippen molar-refractivity contribution >= 4 is 28.9 Å². The van der Waals surface area contributed by atoms with Crippen molar-refractivity contribution in [1.82, 2.24) is 14.8 Å². The summed E-state index contributed by atoms with van der Waals surface area (Å²) < 4.78 is 12.4. The number of allylic oxidation sites excluding steroid dienone is 1. The third-order valence-electron chi connectivity index (χ3n) is 5.61. The number of ether oxygens (including phenoxy) is 2. The van der Waals surface area contributed by atoms with E-state index in [1.54, 1.807) is 30.2 Å². The molecule has 3 heterocycles. The molecule has 0 fully saturated rings. The van der Waals surface area contributed by atoms with Crippen LogP contribution in [0.4, 0.5) is 11.6 Å². The number of rotatable bonds is 6. The molecule has 0 aliphatic carbocycles. The van der Waals surface area contributed by atoms with Crippen LogP contribution in [0.2, 0.25) is 0 Å². The first kappa shape index (κ1) is 21.7. The van der Waals surface area contributed by atoms with Gasteiger partial charge in [-0.05, 0) is 54.8 Å². The number of aromatic nitrogens is 3. The number of hydrogen-bond donors (Lipinski definition) is 2. The van der Waals surface area contributed by atoms with E-state index in [1.165, 1.54) is 0 Å². The first-order valence-corrected chi connectivity index (χ1v) is 11.5. The summed E-state index contributed by atoms with van der Waals surface area (Å²) in [6.07, 6.45) is 0. The summed E-state index contributed by atoms with van der Waals surface area (Å²) in [6.45, 7) is 1.88. The molecule has 0 saturated heterocycles. The summed E-state index contributed by atoms with van der Waals surface area (Å²) >= 11 is 1.57. The maximum Gasteiger partial charge on any atom is 0.256 e. The van der Waals surface area contributed by atoms with Gasteiger partial charge in [0, 0.05) is 16.1 Å². The van der Waals surface area contributed by atoms with E-state index in [-0.39, 0.29) is 5.91 Å². The van der Waals surface area contributed by atoms with Gasteiger partial charge in [-0.2, -0.15) is 4.98 Å². The fraction of sp³-hybridized carbons (Fsp3) is 0.160. The number of carbonyl (C=O) groups excluding carboxylic acids is 1. The number of nitrogens with zero attached hydrogens (tertiary/aromatic N) is 3. The quantitative estimate of drug-likeness (QED) is 0.412. The van der Waals surface area contributed by atoms with E-state index in [0.717, 1.165) is 16.2 Å². The molecule has 9 heteroatoms. The molecule has 0 radical (unpaired) electrons. The Kier molecular flexibility index (Phi) is 5.77. The third kappa shape index (κ3) is 3.90.